The van der Waals surface area contributed by atoms with E-state index >= 15 is 0 Å². The molecule has 1 heterocycles. The van der Waals surface area contributed by atoms with E-state index in [1.54, 1.807) is 30.3 Å². The molecule has 0 spiro atoms. The number of anilines is 1. The highest BCUT2D eigenvalue weighted by Gasteiger charge is 2.17. The van der Waals surface area contributed by atoms with Crippen LogP contribution in [0.25, 0.3) is 11.0 Å². The molecular weight excluding hydrogens is 245 g/mol. The van der Waals surface area contributed by atoms with Crippen LogP contribution in [-0.4, -0.2) is 5.11 Å². The Balaban J connectivity index is 2.07. The number of nitrogens with two attached hydrogens (primary N) is 1. The zero-order valence-corrected chi connectivity index (χ0v) is 10.0. The van der Waals surface area contributed by atoms with E-state index in [0.29, 0.717) is 28.0 Å². The summed E-state index contributed by atoms with van der Waals surface area (Å²) in [5.74, 6) is 0.00654. The van der Waals surface area contributed by atoms with E-state index in [1.165, 1.54) is 18.2 Å². The van der Waals surface area contributed by atoms with Gasteiger partial charge in [-0.1, -0.05) is 18.2 Å². The Morgan fingerprint density at radius 1 is 1.11 bits per heavy atom. The Labute approximate surface area is 109 Å². The number of hydrogen-bond acceptors (Lipinski definition) is 3. The van der Waals surface area contributed by atoms with Gasteiger partial charge in [0.2, 0.25) is 0 Å². The normalized spacial score (nSPS) is 12.7. The number of para-hydroxylation sites is 1. The number of hydrogen-bond donors (Lipinski definition) is 2. The molecule has 0 radical (unpaired) electrons. The summed E-state index contributed by atoms with van der Waals surface area (Å²) in [6.45, 7) is 0. The fraction of sp³-hybridized carbons (Fsp3) is 0.0667. The van der Waals surface area contributed by atoms with Crippen LogP contribution in [0, 0.1) is 5.82 Å². The molecule has 0 aliphatic carbocycles. The van der Waals surface area contributed by atoms with Crippen LogP contribution in [0.2, 0.25) is 0 Å². The number of furan rings is 1. The van der Waals surface area contributed by atoms with Gasteiger partial charge in [0.15, 0.2) is 0 Å². The number of rotatable bonds is 2. The van der Waals surface area contributed by atoms with E-state index < -0.39 is 6.10 Å². The zero-order chi connectivity index (χ0) is 13.4. The molecule has 0 aliphatic rings. The van der Waals surface area contributed by atoms with Crippen molar-refractivity contribution in [2.45, 2.75) is 6.10 Å². The zero-order valence-electron chi connectivity index (χ0n) is 10.0. The van der Waals surface area contributed by atoms with Crippen LogP contribution in [0.5, 0.6) is 0 Å². The van der Waals surface area contributed by atoms with E-state index in [1.807, 2.05) is 0 Å². The maximum Gasteiger partial charge on any atom is 0.139 e. The molecule has 3 nitrogen and oxygen atoms in total. The van der Waals surface area contributed by atoms with Crippen molar-refractivity contribution >= 4 is 16.7 Å². The molecule has 3 rings (SSSR count). The van der Waals surface area contributed by atoms with Crippen molar-refractivity contribution in [3.8, 4) is 0 Å². The van der Waals surface area contributed by atoms with Crippen molar-refractivity contribution in [2.24, 2.45) is 0 Å². The van der Waals surface area contributed by atoms with E-state index in [4.69, 9.17) is 10.2 Å². The van der Waals surface area contributed by atoms with Crippen molar-refractivity contribution in [3.63, 3.8) is 0 Å². The van der Waals surface area contributed by atoms with Gasteiger partial charge in [-0.15, -0.1) is 0 Å². The van der Waals surface area contributed by atoms with Gasteiger partial charge in [0.05, 0.1) is 0 Å². The van der Waals surface area contributed by atoms with Crippen molar-refractivity contribution in [1.82, 2.24) is 0 Å². The van der Waals surface area contributed by atoms with Gasteiger partial charge in [-0.05, 0) is 30.3 Å². The predicted octanol–water partition coefficient (Wildman–Crippen LogP) is 3.24. The molecule has 3 aromatic rings. The molecule has 0 fully saturated rings. The molecule has 0 amide bonds. The van der Waals surface area contributed by atoms with Crippen LogP contribution >= 0.6 is 0 Å². The SMILES string of the molecule is Nc1ccccc1C(O)c1cc2cc(F)ccc2o1. The van der Waals surface area contributed by atoms with Gasteiger partial charge in [-0.2, -0.15) is 0 Å². The number of nitrogen functional groups attached to an aromatic ring is 1. The monoisotopic (exact) mass is 257 g/mol. The first-order valence-electron chi connectivity index (χ1n) is 5.86. The lowest BCUT2D eigenvalue weighted by atomic mass is 10.1. The van der Waals surface area contributed by atoms with E-state index in [9.17, 15) is 9.50 Å². The molecule has 0 saturated heterocycles. The Morgan fingerprint density at radius 2 is 1.89 bits per heavy atom. The smallest absolute Gasteiger partial charge is 0.139 e. The molecule has 2 aromatic carbocycles. The lowest BCUT2D eigenvalue weighted by Crippen LogP contribution is -2.02. The Kier molecular flexibility index (Phi) is 2.72. The third-order valence-electron chi connectivity index (χ3n) is 3.06. The fourth-order valence-corrected chi connectivity index (χ4v) is 2.08. The van der Waals surface area contributed by atoms with Crippen LogP contribution in [0.4, 0.5) is 10.1 Å². The van der Waals surface area contributed by atoms with Gasteiger partial charge in [0.25, 0.3) is 0 Å². The van der Waals surface area contributed by atoms with Crippen LogP contribution in [0.15, 0.2) is 52.9 Å². The number of benzene rings is 2. The highest BCUT2D eigenvalue weighted by molar-refractivity contribution is 5.78. The van der Waals surface area contributed by atoms with E-state index in [-0.39, 0.29) is 5.82 Å². The Hall–Kier alpha value is -2.33. The van der Waals surface area contributed by atoms with Crippen LogP contribution in [0.1, 0.15) is 17.4 Å². The molecule has 0 aliphatic heterocycles. The largest absolute Gasteiger partial charge is 0.458 e. The van der Waals surface area contributed by atoms with Crippen LogP contribution in [-0.2, 0) is 0 Å². The summed E-state index contributed by atoms with van der Waals surface area (Å²) in [4.78, 5) is 0. The summed E-state index contributed by atoms with van der Waals surface area (Å²) in [6.07, 6.45) is -0.961. The molecule has 1 atom stereocenters. The van der Waals surface area contributed by atoms with Crippen molar-refractivity contribution in [3.05, 3.63) is 65.7 Å². The lowest BCUT2D eigenvalue weighted by Gasteiger charge is -2.10. The average molecular weight is 257 g/mol. The van der Waals surface area contributed by atoms with Gasteiger partial charge in [0.1, 0.15) is 23.3 Å². The first kappa shape index (κ1) is 11.7. The van der Waals surface area contributed by atoms with Gasteiger partial charge >= 0.3 is 0 Å². The molecule has 3 N–H and O–H groups in total. The number of aliphatic hydroxyl groups is 1. The number of aliphatic hydroxyl groups excluding tert-OH is 1. The Morgan fingerprint density at radius 3 is 2.68 bits per heavy atom. The second-order valence-corrected chi connectivity index (χ2v) is 4.36. The minimum absolute atomic E-state index is 0.339. The maximum absolute atomic E-state index is 13.1. The molecule has 4 heteroatoms. The third kappa shape index (κ3) is 2.06. The molecule has 1 aromatic heterocycles. The predicted molar refractivity (Wildman–Crippen MR) is 71.1 cm³/mol. The average Bonchev–Trinajstić information content (AvgIpc) is 2.81. The summed E-state index contributed by atoms with van der Waals surface area (Å²) >= 11 is 0. The standard InChI is InChI=1S/C15H12FNO2/c16-10-5-6-13-9(7-10)8-14(19-13)15(18)11-3-1-2-4-12(11)17/h1-8,15,18H,17H2. The fourth-order valence-electron chi connectivity index (χ4n) is 2.08. The minimum Gasteiger partial charge on any atom is -0.458 e. The summed E-state index contributed by atoms with van der Waals surface area (Å²) in [7, 11) is 0. The van der Waals surface area contributed by atoms with Gasteiger partial charge in [0, 0.05) is 16.6 Å². The third-order valence-corrected chi connectivity index (χ3v) is 3.06. The molecular formula is C15H12FNO2. The number of halogens is 1. The van der Waals surface area contributed by atoms with Crippen molar-refractivity contribution in [2.75, 3.05) is 5.73 Å². The molecule has 19 heavy (non-hydrogen) atoms. The first-order chi connectivity index (χ1) is 9.15. The van der Waals surface area contributed by atoms with Crippen molar-refractivity contribution < 1.29 is 13.9 Å². The highest BCUT2D eigenvalue weighted by Crippen LogP contribution is 2.30. The molecule has 1 unspecified atom stereocenters. The maximum atomic E-state index is 13.1. The second kappa shape index (κ2) is 4.40. The highest BCUT2D eigenvalue weighted by atomic mass is 19.1. The summed E-state index contributed by atoms with van der Waals surface area (Å²) in [5.41, 5.74) is 7.41. The van der Waals surface area contributed by atoms with Crippen LogP contribution < -0.4 is 5.73 Å². The van der Waals surface area contributed by atoms with Crippen LogP contribution in [0.3, 0.4) is 0 Å². The van der Waals surface area contributed by atoms with Crippen molar-refractivity contribution in [1.29, 1.82) is 0 Å². The van der Waals surface area contributed by atoms with Gasteiger partial charge in [-0.25, -0.2) is 4.39 Å². The first-order valence-corrected chi connectivity index (χ1v) is 5.86. The van der Waals surface area contributed by atoms with Gasteiger partial charge in [-0.3, -0.25) is 0 Å². The molecule has 0 saturated carbocycles. The lowest BCUT2D eigenvalue weighted by molar-refractivity contribution is 0.193. The molecule has 0 bridgehead atoms. The summed E-state index contributed by atoms with van der Waals surface area (Å²) in [6, 6.07) is 12.9. The topological polar surface area (TPSA) is 59.4 Å². The second-order valence-electron chi connectivity index (χ2n) is 4.36. The molecule has 96 valence electrons. The van der Waals surface area contributed by atoms with E-state index in [2.05, 4.69) is 0 Å². The summed E-state index contributed by atoms with van der Waals surface area (Å²) < 4.78 is 18.6. The quantitative estimate of drug-likeness (QED) is 0.693. The number of fused-ring (bicyclic) bond motifs is 1. The van der Waals surface area contributed by atoms with Gasteiger partial charge < -0.3 is 15.3 Å². The minimum atomic E-state index is -0.961. The summed E-state index contributed by atoms with van der Waals surface area (Å²) in [5, 5.41) is 10.9. The van der Waals surface area contributed by atoms with E-state index in [0.717, 1.165) is 0 Å². The Bertz CT molecular complexity index is 736.